The lowest BCUT2D eigenvalue weighted by Gasteiger charge is -2.40. The number of amides is 1. The van der Waals surface area contributed by atoms with Crippen molar-refractivity contribution in [1.82, 2.24) is 5.32 Å². The Balaban J connectivity index is 2.14. The number of hydrogen-bond donors (Lipinski definition) is 6. The molecule has 1 aliphatic heterocycles. The number of unbranched alkanes of at least 4 members (excludes halogenated alkanes) is 36. The average Bonchev–Trinajstić information content (AvgIpc) is 3.33. The third-order valence-corrected chi connectivity index (χ3v) is 13.9. The van der Waals surface area contributed by atoms with Crippen molar-refractivity contribution >= 4 is 11.9 Å². The average molecular weight is 968 g/mol. The van der Waals surface area contributed by atoms with Gasteiger partial charge in [0.25, 0.3) is 0 Å². The molecule has 1 amide bonds. The summed E-state index contributed by atoms with van der Waals surface area (Å²) < 4.78 is 16.7. The highest BCUT2D eigenvalue weighted by molar-refractivity contribution is 5.76. The lowest BCUT2D eigenvalue weighted by Crippen LogP contribution is -2.60. The number of esters is 1. The van der Waals surface area contributed by atoms with Gasteiger partial charge in [-0.25, -0.2) is 0 Å². The second-order valence-corrected chi connectivity index (χ2v) is 20.4. The van der Waals surface area contributed by atoms with Crippen molar-refractivity contribution < 1.29 is 49.3 Å². The Morgan fingerprint density at radius 3 is 1.37 bits per heavy atom. The molecule has 0 aromatic carbocycles. The largest absolute Gasteiger partial charge is 0.466 e. The summed E-state index contributed by atoms with van der Waals surface area (Å²) in [5, 5.41) is 54.4. The van der Waals surface area contributed by atoms with Crippen LogP contribution in [0.1, 0.15) is 277 Å². The first-order valence-electron chi connectivity index (χ1n) is 29.0. The molecule has 1 saturated heterocycles. The zero-order valence-electron chi connectivity index (χ0n) is 44.1. The summed E-state index contributed by atoms with van der Waals surface area (Å²) in [6.07, 6.45) is 44.2. The highest BCUT2D eigenvalue weighted by Gasteiger charge is 2.44. The first-order valence-corrected chi connectivity index (χ1v) is 29.0. The SMILES string of the molecule is CCCCCCCCCCCCCC/C=C/C(O)C(COC1OC(CO)C(O)C(O)C1O)NC(=O)CCCCCCCCCCCCCCCCCOC(=O)CCCCCCCCCCCCC. The van der Waals surface area contributed by atoms with E-state index in [0.717, 1.165) is 70.6 Å². The van der Waals surface area contributed by atoms with Gasteiger partial charge in [-0.3, -0.25) is 9.59 Å². The Kier molecular flexibility index (Phi) is 45.2. The summed E-state index contributed by atoms with van der Waals surface area (Å²) in [5.41, 5.74) is 0. The highest BCUT2D eigenvalue weighted by atomic mass is 16.7. The molecule has 0 aromatic rings. The van der Waals surface area contributed by atoms with E-state index in [4.69, 9.17) is 14.2 Å². The Morgan fingerprint density at radius 2 is 0.926 bits per heavy atom. The maximum absolute atomic E-state index is 13.0. The fourth-order valence-electron chi connectivity index (χ4n) is 9.26. The summed E-state index contributed by atoms with van der Waals surface area (Å²) in [7, 11) is 0. The van der Waals surface area contributed by atoms with Gasteiger partial charge >= 0.3 is 5.97 Å². The van der Waals surface area contributed by atoms with Gasteiger partial charge in [0.1, 0.15) is 24.4 Å². The predicted octanol–water partition coefficient (Wildman–Crippen LogP) is 12.8. The summed E-state index contributed by atoms with van der Waals surface area (Å²) in [6, 6.07) is -0.815. The third kappa shape index (κ3) is 37.2. The van der Waals surface area contributed by atoms with Crippen molar-refractivity contribution in [2.24, 2.45) is 0 Å². The quantitative estimate of drug-likeness (QED) is 0.0196. The third-order valence-electron chi connectivity index (χ3n) is 13.9. The lowest BCUT2D eigenvalue weighted by molar-refractivity contribution is -0.302. The van der Waals surface area contributed by atoms with E-state index in [1.165, 1.54) is 180 Å². The Hall–Kier alpha value is -1.60. The van der Waals surface area contributed by atoms with Crippen LogP contribution in [0.15, 0.2) is 12.2 Å². The van der Waals surface area contributed by atoms with Gasteiger partial charge in [-0.05, 0) is 32.1 Å². The molecule has 1 aliphatic rings. The molecule has 0 spiro atoms. The second-order valence-electron chi connectivity index (χ2n) is 20.4. The molecule has 402 valence electrons. The maximum atomic E-state index is 13.0. The Labute approximate surface area is 417 Å². The number of allylic oxidation sites excluding steroid dienone is 1. The standard InChI is InChI=1S/C57H109NO10/c1-3-5-7-9-11-13-15-16-20-24-27-31-35-39-43-50(60)49(48-67-57-56(65)55(64)54(63)51(47-59)68-57)58-52(61)44-40-36-32-28-25-21-18-17-19-22-26-30-34-38-42-46-66-53(62)45-41-37-33-29-23-14-12-10-8-6-4-2/h39,43,49-51,54-57,59-60,63-65H,3-38,40-42,44-48H2,1-2H3,(H,58,61)/b43-39+. The molecule has 0 bridgehead atoms. The molecule has 1 rings (SSSR count). The van der Waals surface area contributed by atoms with Crippen LogP contribution in [-0.2, 0) is 23.8 Å². The van der Waals surface area contributed by atoms with Crippen LogP contribution in [0, 0.1) is 0 Å². The monoisotopic (exact) mass is 968 g/mol. The number of ether oxygens (including phenoxy) is 3. The van der Waals surface area contributed by atoms with Gasteiger partial charge in [0.05, 0.1) is 32.0 Å². The molecule has 68 heavy (non-hydrogen) atoms. The van der Waals surface area contributed by atoms with Crippen LogP contribution in [0.3, 0.4) is 0 Å². The van der Waals surface area contributed by atoms with Crippen LogP contribution in [-0.4, -0.2) is 100 Å². The van der Waals surface area contributed by atoms with Crippen molar-refractivity contribution in [2.75, 3.05) is 19.8 Å². The van der Waals surface area contributed by atoms with Crippen molar-refractivity contribution in [3.63, 3.8) is 0 Å². The van der Waals surface area contributed by atoms with Crippen molar-refractivity contribution in [3.05, 3.63) is 12.2 Å². The normalized spacial score (nSPS) is 19.4. The minimum Gasteiger partial charge on any atom is -0.466 e. The van der Waals surface area contributed by atoms with Crippen LogP contribution in [0.25, 0.3) is 0 Å². The number of aliphatic hydroxyl groups excluding tert-OH is 5. The number of rotatable bonds is 50. The number of hydrogen-bond acceptors (Lipinski definition) is 10. The van der Waals surface area contributed by atoms with E-state index in [9.17, 15) is 35.1 Å². The van der Waals surface area contributed by atoms with E-state index in [1.54, 1.807) is 6.08 Å². The van der Waals surface area contributed by atoms with Crippen molar-refractivity contribution in [1.29, 1.82) is 0 Å². The fraction of sp³-hybridized carbons (Fsp3) is 0.930. The van der Waals surface area contributed by atoms with Crippen molar-refractivity contribution in [2.45, 2.75) is 320 Å². The van der Waals surface area contributed by atoms with Gasteiger partial charge in [0.15, 0.2) is 6.29 Å². The molecular weight excluding hydrogens is 859 g/mol. The van der Waals surface area contributed by atoms with Gasteiger partial charge in [-0.2, -0.15) is 0 Å². The van der Waals surface area contributed by atoms with E-state index in [-0.39, 0.29) is 18.5 Å². The number of carbonyl (C=O) groups excluding carboxylic acids is 2. The Bertz CT molecular complexity index is 1140. The highest BCUT2D eigenvalue weighted by Crippen LogP contribution is 2.23. The molecule has 7 unspecified atom stereocenters. The molecule has 1 fully saturated rings. The van der Waals surface area contributed by atoms with Gasteiger partial charge < -0.3 is 45.1 Å². The predicted molar refractivity (Wildman–Crippen MR) is 278 cm³/mol. The zero-order chi connectivity index (χ0) is 49.6. The molecule has 11 nitrogen and oxygen atoms in total. The van der Waals surface area contributed by atoms with Crippen LogP contribution >= 0.6 is 0 Å². The van der Waals surface area contributed by atoms with E-state index < -0.39 is 49.5 Å². The zero-order valence-corrected chi connectivity index (χ0v) is 44.1. The van der Waals surface area contributed by atoms with Gasteiger partial charge in [-0.15, -0.1) is 0 Å². The molecule has 0 radical (unpaired) electrons. The van der Waals surface area contributed by atoms with E-state index >= 15 is 0 Å². The van der Waals surface area contributed by atoms with Crippen LogP contribution < -0.4 is 5.32 Å². The molecule has 6 N–H and O–H groups in total. The second kappa shape index (κ2) is 47.7. The molecule has 0 aliphatic carbocycles. The van der Waals surface area contributed by atoms with Gasteiger partial charge in [-0.1, -0.05) is 244 Å². The lowest BCUT2D eigenvalue weighted by atomic mass is 9.99. The molecule has 11 heteroatoms. The first-order chi connectivity index (χ1) is 33.2. The van der Waals surface area contributed by atoms with Crippen molar-refractivity contribution in [3.8, 4) is 0 Å². The maximum Gasteiger partial charge on any atom is 0.305 e. The summed E-state index contributed by atoms with van der Waals surface area (Å²) in [5.74, 6) is -0.207. The minimum atomic E-state index is -1.57. The van der Waals surface area contributed by atoms with E-state index in [0.29, 0.717) is 19.4 Å². The molecule has 1 heterocycles. The number of aliphatic hydroxyl groups is 5. The number of carbonyl (C=O) groups is 2. The molecule has 0 saturated carbocycles. The molecule has 0 aromatic heterocycles. The van der Waals surface area contributed by atoms with E-state index in [2.05, 4.69) is 19.2 Å². The number of nitrogens with one attached hydrogen (secondary N) is 1. The summed E-state index contributed by atoms with van der Waals surface area (Å²) >= 11 is 0. The molecular formula is C57H109NO10. The van der Waals surface area contributed by atoms with E-state index in [1.807, 2.05) is 6.08 Å². The first kappa shape index (κ1) is 64.4. The summed E-state index contributed by atoms with van der Waals surface area (Å²) in [6.45, 7) is 4.32. The molecule has 7 atom stereocenters. The smallest absolute Gasteiger partial charge is 0.305 e. The Morgan fingerprint density at radius 1 is 0.529 bits per heavy atom. The van der Waals surface area contributed by atoms with Gasteiger partial charge in [0.2, 0.25) is 5.91 Å². The summed E-state index contributed by atoms with van der Waals surface area (Å²) in [4.78, 5) is 25.1. The topological polar surface area (TPSA) is 175 Å². The van der Waals surface area contributed by atoms with Crippen LogP contribution in [0.2, 0.25) is 0 Å². The van der Waals surface area contributed by atoms with Gasteiger partial charge in [0, 0.05) is 12.8 Å². The van der Waals surface area contributed by atoms with Crippen LogP contribution in [0.5, 0.6) is 0 Å². The minimum absolute atomic E-state index is 0.0184. The fourth-order valence-corrected chi connectivity index (χ4v) is 9.26. The van der Waals surface area contributed by atoms with Crippen LogP contribution in [0.4, 0.5) is 0 Å².